The van der Waals surface area contributed by atoms with E-state index in [0.29, 0.717) is 17.9 Å². The molecule has 1 aliphatic heterocycles. The van der Waals surface area contributed by atoms with Gasteiger partial charge in [-0.25, -0.2) is 13.2 Å². The Morgan fingerprint density at radius 3 is 2.42 bits per heavy atom. The maximum Gasteiger partial charge on any atom is 0.315 e. The van der Waals surface area contributed by atoms with Crippen LogP contribution < -0.4 is 20.1 Å². The zero-order valence-electron chi connectivity index (χ0n) is 14.4. The van der Waals surface area contributed by atoms with Gasteiger partial charge in [0.1, 0.15) is 0 Å². The standard InChI is InChI=1S/C16H24N2O5S/c1-16(2,11-5-6-13(22-3)14(9-11)23-4)18-15(19)17-12-7-8-24(20,21)10-12/h5-6,9,12H,7-8,10H2,1-4H3,(H2,17,18,19). The molecule has 1 unspecified atom stereocenters. The molecule has 0 saturated carbocycles. The van der Waals surface area contributed by atoms with Crippen LogP contribution in [-0.2, 0) is 15.4 Å². The first-order valence-corrected chi connectivity index (χ1v) is 9.50. The fourth-order valence-electron chi connectivity index (χ4n) is 2.71. The van der Waals surface area contributed by atoms with E-state index in [1.807, 2.05) is 19.9 Å². The molecular weight excluding hydrogens is 332 g/mol. The molecule has 2 N–H and O–H groups in total. The minimum atomic E-state index is -3.03. The number of urea groups is 1. The summed E-state index contributed by atoms with van der Waals surface area (Å²) in [4.78, 5) is 12.2. The van der Waals surface area contributed by atoms with Crippen LogP contribution in [0.1, 0.15) is 25.8 Å². The maximum absolute atomic E-state index is 12.2. The van der Waals surface area contributed by atoms with E-state index in [0.717, 1.165) is 5.56 Å². The van der Waals surface area contributed by atoms with Gasteiger partial charge in [-0.2, -0.15) is 0 Å². The first-order chi connectivity index (χ1) is 11.2. The molecule has 0 radical (unpaired) electrons. The Balaban J connectivity index is 2.06. The molecule has 7 nitrogen and oxygen atoms in total. The van der Waals surface area contributed by atoms with Crippen molar-refractivity contribution in [3.63, 3.8) is 0 Å². The van der Waals surface area contributed by atoms with E-state index in [2.05, 4.69) is 10.6 Å². The van der Waals surface area contributed by atoms with Crippen molar-refractivity contribution in [3.8, 4) is 11.5 Å². The minimum absolute atomic E-state index is 0.00277. The van der Waals surface area contributed by atoms with Crippen LogP contribution in [0.5, 0.6) is 11.5 Å². The summed E-state index contributed by atoms with van der Waals surface area (Å²) in [5.74, 6) is 1.30. The zero-order chi connectivity index (χ0) is 18.0. The summed E-state index contributed by atoms with van der Waals surface area (Å²) in [6.07, 6.45) is 0.451. The third kappa shape index (κ3) is 4.31. The number of methoxy groups -OCH3 is 2. The van der Waals surface area contributed by atoms with Gasteiger partial charge in [-0.15, -0.1) is 0 Å². The highest BCUT2D eigenvalue weighted by Gasteiger charge is 2.31. The first-order valence-electron chi connectivity index (χ1n) is 7.68. The highest BCUT2D eigenvalue weighted by molar-refractivity contribution is 7.91. The monoisotopic (exact) mass is 356 g/mol. The Bertz CT molecular complexity index is 715. The molecule has 2 rings (SSSR count). The van der Waals surface area contributed by atoms with Crippen molar-refractivity contribution in [2.75, 3.05) is 25.7 Å². The molecule has 8 heteroatoms. The number of nitrogens with one attached hydrogen (secondary N) is 2. The van der Waals surface area contributed by atoms with Gasteiger partial charge in [0.15, 0.2) is 21.3 Å². The third-order valence-electron chi connectivity index (χ3n) is 4.10. The first kappa shape index (κ1) is 18.4. The van der Waals surface area contributed by atoms with E-state index in [1.165, 1.54) is 0 Å². The Morgan fingerprint density at radius 1 is 1.21 bits per heavy atom. The van der Waals surface area contributed by atoms with Crippen LogP contribution in [0.4, 0.5) is 4.79 Å². The van der Waals surface area contributed by atoms with Crippen LogP contribution in [0, 0.1) is 0 Å². The average Bonchev–Trinajstić information content (AvgIpc) is 2.84. The molecule has 0 aromatic heterocycles. The number of sulfone groups is 1. The summed E-state index contributed by atoms with van der Waals surface area (Å²) in [7, 11) is 0.0839. The fourth-order valence-corrected chi connectivity index (χ4v) is 4.38. The van der Waals surface area contributed by atoms with Crippen molar-refractivity contribution in [2.24, 2.45) is 0 Å². The van der Waals surface area contributed by atoms with Crippen molar-refractivity contribution in [1.82, 2.24) is 10.6 Å². The van der Waals surface area contributed by atoms with E-state index in [-0.39, 0.29) is 17.5 Å². The predicted molar refractivity (Wildman–Crippen MR) is 91.3 cm³/mol. The van der Waals surface area contributed by atoms with Gasteiger partial charge in [-0.05, 0) is 38.0 Å². The second-order valence-corrected chi connectivity index (χ2v) is 8.62. The van der Waals surface area contributed by atoms with Gasteiger partial charge in [-0.3, -0.25) is 0 Å². The second kappa shape index (κ2) is 6.88. The van der Waals surface area contributed by atoms with Crippen LogP contribution in [0.3, 0.4) is 0 Å². The van der Waals surface area contributed by atoms with Gasteiger partial charge in [-0.1, -0.05) is 6.07 Å². The highest BCUT2D eigenvalue weighted by atomic mass is 32.2. The molecule has 0 bridgehead atoms. The Hall–Kier alpha value is -1.96. The molecule has 1 atom stereocenters. The van der Waals surface area contributed by atoms with Crippen molar-refractivity contribution in [3.05, 3.63) is 23.8 Å². The SMILES string of the molecule is COc1ccc(C(C)(C)NC(=O)NC2CCS(=O)(=O)C2)cc1OC. The number of hydrogen-bond acceptors (Lipinski definition) is 5. The lowest BCUT2D eigenvalue weighted by molar-refractivity contribution is 0.227. The summed E-state index contributed by atoms with van der Waals surface area (Å²) in [5.41, 5.74) is 0.176. The molecule has 1 aromatic rings. The van der Waals surface area contributed by atoms with Crippen LogP contribution in [0.25, 0.3) is 0 Å². The Labute approximate surface area is 142 Å². The summed E-state index contributed by atoms with van der Waals surface area (Å²) < 4.78 is 33.4. The van der Waals surface area contributed by atoms with E-state index in [1.54, 1.807) is 26.4 Å². The summed E-state index contributed by atoms with van der Waals surface area (Å²) >= 11 is 0. The fraction of sp³-hybridized carbons (Fsp3) is 0.562. The Kier molecular flexibility index (Phi) is 5.27. The summed E-state index contributed by atoms with van der Waals surface area (Å²) in [6.45, 7) is 3.72. The highest BCUT2D eigenvalue weighted by Crippen LogP contribution is 2.32. The lowest BCUT2D eigenvalue weighted by atomic mass is 9.94. The topological polar surface area (TPSA) is 93.7 Å². The molecule has 0 spiro atoms. The van der Waals surface area contributed by atoms with Crippen molar-refractivity contribution in [1.29, 1.82) is 0 Å². The number of hydrogen-bond donors (Lipinski definition) is 2. The number of carbonyl (C=O) groups is 1. The van der Waals surface area contributed by atoms with Crippen LogP contribution >= 0.6 is 0 Å². The van der Waals surface area contributed by atoms with Gasteiger partial charge in [0.05, 0.1) is 31.3 Å². The molecule has 1 heterocycles. The quantitative estimate of drug-likeness (QED) is 0.832. The van der Waals surface area contributed by atoms with E-state index in [4.69, 9.17) is 9.47 Å². The maximum atomic E-state index is 12.2. The van der Waals surface area contributed by atoms with Gasteiger partial charge in [0, 0.05) is 6.04 Å². The van der Waals surface area contributed by atoms with Crippen molar-refractivity contribution in [2.45, 2.75) is 31.8 Å². The number of rotatable bonds is 5. The van der Waals surface area contributed by atoms with Crippen molar-refractivity contribution >= 4 is 15.9 Å². The number of carbonyl (C=O) groups excluding carboxylic acids is 1. The van der Waals surface area contributed by atoms with Gasteiger partial charge >= 0.3 is 6.03 Å². The Morgan fingerprint density at radius 2 is 1.88 bits per heavy atom. The van der Waals surface area contributed by atoms with E-state index >= 15 is 0 Å². The number of ether oxygens (including phenoxy) is 2. The predicted octanol–water partition coefficient (Wildman–Crippen LogP) is 1.43. The van der Waals surface area contributed by atoms with E-state index < -0.39 is 21.4 Å². The molecule has 1 saturated heterocycles. The van der Waals surface area contributed by atoms with Gasteiger partial charge in [0.25, 0.3) is 0 Å². The lowest BCUT2D eigenvalue weighted by Crippen LogP contribution is -2.49. The third-order valence-corrected chi connectivity index (χ3v) is 5.87. The molecule has 1 aliphatic rings. The smallest absolute Gasteiger partial charge is 0.315 e. The number of benzene rings is 1. The molecular formula is C16H24N2O5S. The lowest BCUT2D eigenvalue weighted by Gasteiger charge is -2.28. The second-order valence-electron chi connectivity index (χ2n) is 6.39. The molecule has 1 fully saturated rings. The van der Waals surface area contributed by atoms with Crippen LogP contribution in [0.2, 0.25) is 0 Å². The van der Waals surface area contributed by atoms with Crippen molar-refractivity contribution < 1.29 is 22.7 Å². The van der Waals surface area contributed by atoms with Crippen LogP contribution in [0.15, 0.2) is 18.2 Å². The zero-order valence-corrected chi connectivity index (χ0v) is 15.2. The number of amides is 2. The largest absolute Gasteiger partial charge is 0.493 e. The summed E-state index contributed by atoms with van der Waals surface area (Å²) in [5, 5.41) is 5.60. The summed E-state index contributed by atoms with van der Waals surface area (Å²) in [6, 6.07) is 4.70. The van der Waals surface area contributed by atoms with Gasteiger partial charge in [0.2, 0.25) is 0 Å². The normalized spacial score (nSPS) is 19.6. The minimum Gasteiger partial charge on any atom is -0.493 e. The molecule has 24 heavy (non-hydrogen) atoms. The molecule has 134 valence electrons. The molecule has 2 amide bonds. The molecule has 0 aliphatic carbocycles. The van der Waals surface area contributed by atoms with E-state index in [9.17, 15) is 13.2 Å². The van der Waals surface area contributed by atoms with Crippen LogP contribution in [-0.4, -0.2) is 46.2 Å². The average molecular weight is 356 g/mol. The van der Waals surface area contributed by atoms with Gasteiger partial charge < -0.3 is 20.1 Å². The molecule has 1 aromatic carbocycles.